The Morgan fingerprint density at radius 1 is 1.03 bits per heavy atom. The predicted octanol–water partition coefficient (Wildman–Crippen LogP) is 5.26. The third-order valence-electron chi connectivity index (χ3n) is 6.10. The highest BCUT2D eigenvalue weighted by molar-refractivity contribution is 5.76. The lowest BCUT2D eigenvalue weighted by atomic mass is 10.0. The maximum atomic E-state index is 10.6. The van der Waals surface area contributed by atoms with Gasteiger partial charge in [-0.15, -0.1) is 10.2 Å². The number of aryl methyl sites for hydroxylation is 3. The summed E-state index contributed by atoms with van der Waals surface area (Å²) in [5.41, 5.74) is 7.31. The molecule has 0 atom stereocenters. The molecule has 9 heteroatoms. The molecule has 2 aromatic carbocycles. The molecule has 4 aromatic rings. The Kier molecular flexibility index (Phi) is 8.12. The van der Waals surface area contributed by atoms with Gasteiger partial charge in [0, 0.05) is 35.8 Å². The Morgan fingerprint density at radius 2 is 1.78 bits per heavy atom. The third kappa shape index (κ3) is 5.98. The first kappa shape index (κ1) is 25.1. The van der Waals surface area contributed by atoms with Crippen LogP contribution in [0.25, 0.3) is 16.8 Å². The number of nitrogens with zero attached hydrogens (tertiary/aromatic N) is 5. The summed E-state index contributed by atoms with van der Waals surface area (Å²) in [7, 11) is 0. The summed E-state index contributed by atoms with van der Waals surface area (Å²) in [6, 6.07) is 14.8. The highest BCUT2D eigenvalue weighted by Crippen LogP contribution is 2.35. The number of carbonyl (C=O) groups is 1. The molecule has 0 aliphatic carbocycles. The average molecular weight is 490 g/mol. The first-order chi connectivity index (χ1) is 17.4. The van der Waals surface area contributed by atoms with Gasteiger partial charge in [-0.3, -0.25) is 4.57 Å². The van der Waals surface area contributed by atoms with E-state index in [1.165, 1.54) is 0 Å². The third-order valence-corrected chi connectivity index (χ3v) is 6.10. The van der Waals surface area contributed by atoms with Gasteiger partial charge in [-0.05, 0) is 81.5 Å². The highest BCUT2D eigenvalue weighted by Gasteiger charge is 2.17. The molecule has 9 nitrogen and oxygen atoms in total. The van der Waals surface area contributed by atoms with Gasteiger partial charge in [0.05, 0.1) is 5.69 Å². The van der Waals surface area contributed by atoms with Crippen LogP contribution in [0.5, 0.6) is 0 Å². The van der Waals surface area contributed by atoms with Crippen LogP contribution in [0.1, 0.15) is 36.3 Å². The fourth-order valence-corrected chi connectivity index (χ4v) is 4.29. The average Bonchev–Trinajstić information content (AvgIpc) is 3.52. The summed E-state index contributed by atoms with van der Waals surface area (Å²) in [5, 5.41) is 20.6. The number of rotatable bonds is 12. The zero-order chi connectivity index (χ0) is 25.5. The number of anilines is 2. The molecule has 0 saturated carbocycles. The summed E-state index contributed by atoms with van der Waals surface area (Å²) in [5.74, 6) is -0.141. The van der Waals surface area contributed by atoms with Crippen molar-refractivity contribution in [1.29, 1.82) is 0 Å². The van der Waals surface area contributed by atoms with E-state index in [1.807, 2.05) is 18.4 Å². The molecule has 1 N–H and O–H groups in total. The summed E-state index contributed by atoms with van der Waals surface area (Å²) in [6.07, 6.45) is 6.02. The lowest BCUT2D eigenvalue weighted by molar-refractivity contribution is -0.142. The van der Waals surface area contributed by atoms with Gasteiger partial charge in [0.2, 0.25) is 0 Å². The van der Waals surface area contributed by atoms with Crippen LogP contribution >= 0.6 is 0 Å². The molecule has 0 bridgehead atoms. The number of hydrogen-bond acceptors (Lipinski definition) is 7. The van der Waals surface area contributed by atoms with Crippen molar-refractivity contribution in [3.8, 4) is 16.8 Å². The summed E-state index contributed by atoms with van der Waals surface area (Å²) in [6.45, 7) is 7.00. The maximum absolute atomic E-state index is 10.6. The van der Waals surface area contributed by atoms with E-state index in [-0.39, 0.29) is 6.61 Å². The minimum atomic E-state index is -0.940. The standard InChI is InChI=1S/C27H31N5O4/c1-19-7-8-22(27-20(2)30-36-21(27)3)15-25(19)32(13-5-4-6-14-35-16-26(33)34)24-11-9-23(10-12-24)31-17-28-29-18-31/h7-12,15,17-18H,4-6,13-14,16H2,1-3H3,(H,33,34). The molecular weight excluding hydrogens is 458 g/mol. The zero-order valence-electron chi connectivity index (χ0n) is 20.8. The lowest BCUT2D eigenvalue weighted by Crippen LogP contribution is -2.20. The van der Waals surface area contributed by atoms with Crippen molar-refractivity contribution < 1.29 is 19.2 Å². The Morgan fingerprint density at radius 3 is 2.44 bits per heavy atom. The number of benzene rings is 2. The number of carboxylic acid groups (broad SMARTS) is 1. The second-order valence-corrected chi connectivity index (χ2v) is 8.74. The monoisotopic (exact) mass is 489 g/mol. The van der Waals surface area contributed by atoms with Gasteiger partial charge >= 0.3 is 5.97 Å². The number of ether oxygens (including phenoxy) is 1. The number of hydrogen-bond donors (Lipinski definition) is 1. The van der Waals surface area contributed by atoms with E-state index in [1.54, 1.807) is 12.7 Å². The van der Waals surface area contributed by atoms with Gasteiger partial charge in [0.25, 0.3) is 0 Å². The first-order valence-electron chi connectivity index (χ1n) is 12.0. The highest BCUT2D eigenvalue weighted by atomic mass is 16.5. The van der Waals surface area contributed by atoms with Crippen molar-refractivity contribution in [3.63, 3.8) is 0 Å². The second kappa shape index (κ2) is 11.6. The summed E-state index contributed by atoms with van der Waals surface area (Å²) < 4.78 is 12.5. The molecule has 4 rings (SSSR count). The fourth-order valence-electron chi connectivity index (χ4n) is 4.29. The van der Waals surface area contributed by atoms with E-state index >= 15 is 0 Å². The van der Waals surface area contributed by atoms with Crippen molar-refractivity contribution >= 4 is 17.3 Å². The van der Waals surface area contributed by atoms with Gasteiger partial charge in [-0.2, -0.15) is 0 Å². The molecule has 36 heavy (non-hydrogen) atoms. The molecule has 0 spiro atoms. The number of carboxylic acids is 1. The Hall–Kier alpha value is -3.98. The molecule has 0 fully saturated rings. The molecule has 0 unspecified atom stereocenters. The molecule has 2 aromatic heterocycles. The largest absolute Gasteiger partial charge is 0.480 e. The van der Waals surface area contributed by atoms with Crippen molar-refractivity contribution in [2.45, 2.75) is 40.0 Å². The van der Waals surface area contributed by atoms with Gasteiger partial charge < -0.3 is 19.3 Å². The molecule has 0 saturated heterocycles. The molecule has 0 aliphatic heterocycles. The van der Waals surface area contributed by atoms with Crippen LogP contribution in [0.4, 0.5) is 11.4 Å². The van der Waals surface area contributed by atoms with Crippen molar-refractivity contribution in [2.24, 2.45) is 0 Å². The Balaban J connectivity index is 1.58. The number of aromatic nitrogens is 4. The van der Waals surface area contributed by atoms with E-state index in [0.29, 0.717) is 6.61 Å². The van der Waals surface area contributed by atoms with E-state index in [9.17, 15) is 4.79 Å². The van der Waals surface area contributed by atoms with Gasteiger partial charge in [-0.25, -0.2) is 4.79 Å². The van der Waals surface area contributed by atoms with Crippen molar-refractivity contribution in [1.82, 2.24) is 19.9 Å². The molecule has 188 valence electrons. The van der Waals surface area contributed by atoms with E-state index in [2.05, 4.69) is 69.6 Å². The van der Waals surface area contributed by atoms with Gasteiger partial charge in [0.15, 0.2) is 0 Å². The molecule has 0 amide bonds. The van der Waals surface area contributed by atoms with Crippen molar-refractivity contribution in [3.05, 3.63) is 72.1 Å². The molecular formula is C27H31N5O4. The smallest absolute Gasteiger partial charge is 0.329 e. The van der Waals surface area contributed by atoms with E-state index in [4.69, 9.17) is 14.4 Å². The van der Waals surface area contributed by atoms with Crippen LogP contribution in [0, 0.1) is 20.8 Å². The molecule has 0 radical (unpaired) electrons. The molecule has 0 aliphatic rings. The van der Waals surface area contributed by atoms with Crippen LogP contribution in [0.3, 0.4) is 0 Å². The minimum absolute atomic E-state index is 0.251. The first-order valence-corrected chi connectivity index (χ1v) is 12.0. The summed E-state index contributed by atoms with van der Waals surface area (Å²) >= 11 is 0. The SMILES string of the molecule is Cc1ccc(-c2c(C)noc2C)cc1N(CCCCCOCC(=O)O)c1ccc(-n2cnnc2)cc1. The lowest BCUT2D eigenvalue weighted by Gasteiger charge is -2.28. The van der Waals surface area contributed by atoms with E-state index in [0.717, 1.165) is 71.0 Å². The zero-order valence-corrected chi connectivity index (χ0v) is 20.8. The fraction of sp³-hybridized carbons (Fsp3) is 0.333. The quantitative estimate of drug-likeness (QED) is 0.269. The van der Waals surface area contributed by atoms with E-state index < -0.39 is 5.97 Å². The predicted molar refractivity (Wildman–Crippen MR) is 137 cm³/mol. The second-order valence-electron chi connectivity index (χ2n) is 8.74. The Bertz CT molecular complexity index is 1260. The van der Waals surface area contributed by atoms with Crippen LogP contribution in [-0.4, -0.2) is 50.8 Å². The normalized spacial score (nSPS) is 11.1. The van der Waals surface area contributed by atoms with Crippen LogP contribution in [0.15, 0.2) is 59.6 Å². The topological polar surface area (TPSA) is 107 Å². The number of aliphatic carboxylic acids is 1. The maximum Gasteiger partial charge on any atom is 0.329 e. The van der Waals surface area contributed by atoms with Gasteiger partial charge in [-0.1, -0.05) is 17.3 Å². The minimum Gasteiger partial charge on any atom is -0.480 e. The van der Waals surface area contributed by atoms with Crippen LogP contribution in [0.2, 0.25) is 0 Å². The van der Waals surface area contributed by atoms with Crippen LogP contribution < -0.4 is 4.90 Å². The Labute approximate surface area is 210 Å². The number of unbranched alkanes of at least 4 members (excludes halogenated alkanes) is 2. The van der Waals surface area contributed by atoms with Crippen molar-refractivity contribution in [2.75, 3.05) is 24.7 Å². The summed E-state index contributed by atoms with van der Waals surface area (Å²) in [4.78, 5) is 13.0. The van der Waals surface area contributed by atoms with Gasteiger partial charge in [0.1, 0.15) is 25.0 Å². The van der Waals surface area contributed by atoms with Crippen LogP contribution in [-0.2, 0) is 9.53 Å². The molecule has 2 heterocycles.